The van der Waals surface area contributed by atoms with Crippen molar-refractivity contribution in [1.82, 2.24) is 0 Å². The van der Waals surface area contributed by atoms with E-state index in [0.29, 0.717) is 5.56 Å². The van der Waals surface area contributed by atoms with Gasteiger partial charge in [0.2, 0.25) is 0 Å². The molecule has 0 saturated heterocycles. The Labute approximate surface area is 172 Å². The molecule has 2 nitrogen and oxygen atoms in total. The minimum Gasteiger partial charge on any atom is -0.478 e. The van der Waals surface area contributed by atoms with Gasteiger partial charge in [0.1, 0.15) is 0 Å². The summed E-state index contributed by atoms with van der Waals surface area (Å²) < 4.78 is 0. The van der Waals surface area contributed by atoms with Crippen LogP contribution in [0.5, 0.6) is 0 Å². The van der Waals surface area contributed by atoms with E-state index in [1.165, 1.54) is 21.9 Å². The molecule has 4 rings (SSSR count). The predicted molar refractivity (Wildman–Crippen MR) is 124 cm³/mol. The number of carboxylic acids is 1. The summed E-state index contributed by atoms with van der Waals surface area (Å²) in [5, 5.41) is 10.6. The van der Waals surface area contributed by atoms with Crippen molar-refractivity contribution in [1.29, 1.82) is 0 Å². The van der Waals surface area contributed by atoms with Gasteiger partial charge in [0.25, 0.3) is 0 Å². The van der Waals surface area contributed by atoms with Gasteiger partial charge in [0.05, 0.1) is 13.6 Å². The maximum atomic E-state index is 11.0. The molecule has 1 N–H and O–H groups in total. The third-order valence-electron chi connectivity index (χ3n) is 5.59. The first-order valence-electron chi connectivity index (χ1n) is 9.86. The molecule has 0 radical (unpaired) electrons. The molecule has 0 amide bonds. The second-order valence-corrected chi connectivity index (χ2v) is 12.9. The molecule has 144 valence electrons. The third-order valence-corrected chi connectivity index (χ3v) is 8.71. The maximum absolute atomic E-state index is 11.0. The van der Waals surface area contributed by atoms with Crippen LogP contribution in [0.1, 0.15) is 32.6 Å². The fourth-order valence-electron chi connectivity index (χ4n) is 3.88. The van der Waals surface area contributed by atoms with Gasteiger partial charge in [-0.05, 0) is 52.1 Å². The van der Waals surface area contributed by atoms with Crippen LogP contribution in [0.3, 0.4) is 0 Å². The molecular formula is C26H24O2Si. The number of hydrogen-bond donors (Lipinski definition) is 1. The Morgan fingerprint density at radius 1 is 0.897 bits per heavy atom. The lowest BCUT2D eigenvalue weighted by Crippen LogP contribution is -2.44. The lowest BCUT2D eigenvalue weighted by molar-refractivity contribution is 0.0697. The minimum absolute atomic E-state index is 0.306. The summed E-state index contributed by atoms with van der Waals surface area (Å²) in [6, 6.07) is 25.5. The highest BCUT2D eigenvalue weighted by atomic mass is 28.3. The van der Waals surface area contributed by atoms with Crippen LogP contribution in [0.15, 0.2) is 78.9 Å². The van der Waals surface area contributed by atoms with Crippen molar-refractivity contribution in [3.05, 3.63) is 107 Å². The molecule has 0 bridgehead atoms. The Bertz CT molecular complexity index is 1110. The van der Waals surface area contributed by atoms with Gasteiger partial charge in [-0.2, -0.15) is 0 Å². The van der Waals surface area contributed by atoms with Crippen LogP contribution in [0.4, 0.5) is 0 Å². The molecule has 0 aliphatic carbocycles. The molecule has 29 heavy (non-hydrogen) atoms. The van der Waals surface area contributed by atoms with Crippen molar-refractivity contribution in [2.24, 2.45) is 0 Å². The summed E-state index contributed by atoms with van der Waals surface area (Å²) in [7, 11) is -1.47. The predicted octanol–water partition coefficient (Wildman–Crippen LogP) is 5.92. The lowest BCUT2D eigenvalue weighted by Gasteiger charge is -2.31. The molecule has 0 atom stereocenters. The van der Waals surface area contributed by atoms with Crippen LogP contribution in [0.25, 0.3) is 17.7 Å². The highest BCUT2D eigenvalue weighted by molar-refractivity contribution is 6.91. The van der Waals surface area contributed by atoms with Crippen molar-refractivity contribution < 1.29 is 9.90 Å². The molecule has 0 spiro atoms. The Hall–Kier alpha value is -3.17. The maximum Gasteiger partial charge on any atom is 0.335 e. The zero-order chi connectivity index (χ0) is 20.4. The lowest BCUT2D eigenvalue weighted by atomic mass is 9.95. The number of carbonyl (C=O) groups is 1. The number of benzene rings is 3. The van der Waals surface area contributed by atoms with E-state index in [0.717, 1.165) is 17.2 Å². The van der Waals surface area contributed by atoms with E-state index >= 15 is 0 Å². The Kier molecular flexibility index (Phi) is 5.08. The summed E-state index contributed by atoms with van der Waals surface area (Å²) in [5.41, 5.74) is 6.39. The fourth-order valence-corrected chi connectivity index (χ4v) is 6.28. The molecular weight excluding hydrogens is 372 g/mol. The largest absolute Gasteiger partial charge is 0.478 e. The highest BCUT2D eigenvalue weighted by Gasteiger charge is 2.30. The van der Waals surface area contributed by atoms with E-state index in [9.17, 15) is 4.79 Å². The Balaban J connectivity index is 1.69. The van der Waals surface area contributed by atoms with E-state index in [1.807, 2.05) is 18.2 Å². The molecule has 3 aromatic rings. The first kappa shape index (κ1) is 19.2. The third kappa shape index (κ3) is 4.01. The molecule has 1 aliphatic rings. The van der Waals surface area contributed by atoms with E-state index in [4.69, 9.17) is 5.11 Å². The molecule has 1 aliphatic heterocycles. The fraction of sp³-hybridized carbons (Fsp3) is 0.115. The van der Waals surface area contributed by atoms with Gasteiger partial charge in [0, 0.05) is 0 Å². The SMILES string of the molecule is C[Si]1(C)CC=C(c2ccccc2)c2cc(C=Cc3ccc(C(=O)O)cc3)ccc21. The van der Waals surface area contributed by atoms with Crippen LogP contribution in [0, 0.1) is 0 Å². The quantitative estimate of drug-likeness (QED) is 0.439. The van der Waals surface area contributed by atoms with Crippen molar-refractivity contribution >= 4 is 37.0 Å². The second kappa shape index (κ2) is 7.68. The number of hydrogen-bond acceptors (Lipinski definition) is 1. The number of carboxylic acid groups (broad SMARTS) is 1. The molecule has 3 aromatic carbocycles. The zero-order valence-corrected chi connectivity index (χ0v) is 17.7. The topological polar surface area (TPSA) is 37.3 Å². The highest BCUT2D eigenvalue weighted by Crippen LogP contribution is 2.32. The summed E-state index contributed by atoms with van der Waals surface area (Å²) in [5.74, 6) is -0.901. The molecule has 0 unspecified atom stereocenters. The first-order chi connectivity index (χ1) is 13.9. The monoisotopic (exact) mass is 396 g/mol. The number of fused-ring (bicyclic) bond motifs is 1. The van der Waals surface area contributed by atoms with E-state index in [2.05, 4.69) is 73.8 Å². The number of allylic oxidation sites excluding steroid dienone is 1. The van der Waals surface area contributed by atoms with Crippen LogP contribution in [-0.4, -0.2) is 19.1 Å². The molecule has 0 saturated carbocycles. The van der Waals surface area contributed by atoms with E-state index in [1.54, 1.807) is 12.1 Å². The van der Waals surface area contributed by atoms with E-state index < -0.39 is 14.0 Å². The summed E-state index contributed by atoms with van der Waals surface area (Å²) >= 11 is 0. The zero-order valence-electron chi connectivity index (χ0n) is 16.7. The van der Waals surface area contributed by atoms with Gasteiger partial charge < -0.3 is 5.11 Å². The van der Waals surface area contributed by atoms with Crippen molar-refractivity contribution in [2.75, 3.05) is 0 Å². The van der Waals surface area contributed by atoms with Crippen molar-refractivity contribution in [2.45, 2.75) is 19.1 Å². The van der Waals surface area contributed by atoms with Gasteiger partial charge in [-0.3, -0.25) is 0 Å². The van der Waals surface area contributed by atoms with E-state index in [-0.39, 0.29) is 0 Å². The van der Waals surface area contributed by atoms with Crippen LogP contribution >= 0.6 is 0 Å². The van der Waals surface area contributed by atoms with Crippen LogP contribution in [-0.2, 0) is 0 Å². The smallest absolute Gasteiger partial charge is 0.335 e. The van der Waals surface area contributed by atoms with Gasteiger partial charge >= 0.3 is 5.97 Å². The van der Waals surface area contributed by atoms with Crippen LogP contribution < -0.4 is 5.19 Å². The summed E-state index contributed by atoms with van der Waals surface area (Å²) in [6.07, 6.45) is 6.55. The second-order valence-electron chi connectivity index (χ2n) is 8.14. The molecule has 0 fully saturated rings. The summed E-state index contributed by atoms with van der Waals surface area (Å²) in [4.78, 5) is 11.0. The van der Waals surface area contributed by atoms with Gasteiger partial charge in [-0.25, -0.2) is 4.79 Å². The van der Waals surface area contributed by atoms with Crippen LogP contribution in [0.2, 0.25) is 19.1 Å². The number of rotatable bonds is 4. The van der Waals surface area contributed by atoms with Gasteiger partial charge in [-0.1, -0.05) is 91.1 Å². The molecule has 1 heterocycles. The van der Waals surface area contributed by atoms with Crippen molar-refractivity contribution in [3.8, 4) is 0 Å². The first-order valence-corrected chi connectivity index (χ1v) is 13.1. The van der Waals surface area contributed by atoms with Gasteiger partial charge in [-0.15, -0.1) is 0 Å². The Morgan fingerprint density at radius 2 is 1.55 bits per heavy atom. The Morgan fingerprint density at radius 3 is 2.24 bits per heavy atom. The molecule has 0 aromatic heterocycles. The minimum atomic E-state index is -1.47. The average Bonchev–Trinajstić information content (AvgIpc) is 2.73. The van der Waals surface area contributed by atoms with Gasteiger partial charge in [0.15, 0.2) is 0 Å². The normalized spacial score (nSPS) is 15.0. The standard InChI is InChI=1S/C26H24O2Si/c1-29(2)17-16-23(21-6-4-3-5-7-21)24-18-20(12-15-25(24)29)9-8-19-10-13-22(14-11-19)26(27)28/h3-16,18H,17H2,1-2H3,(H,27,28). The summed E-state index contributed by atoms with van der Waals surface area (Å²) in [6.45, 7) is 4.87. The average molecular weight is 397 g/mol. The van der Waals surface area contributed by atoms with Crippen molar-refractivity contribution in [3.63, 3.8) is 0 Å². The number of aromatic carboxylic acids is 1. The molecule has 3 heteroatoms.